The number of rotatable bonds is 4. The van der Waals surface area contributed by atoms with Crippen molar-refractivity contribution in [3.8, 4) is 6.07 Å². The van der Waals surface area contributed by atoms with Crippen molar-refractivity contribution in [2.24, 2.45) is 0 Å². The van der Waals surface area contributed by atoms with Crippen molar-refractivity contribution in [1.82, 2.24) is 0 Å². The minimum atomic E-state index is -0.955. The molecule has 1 unspecified atom stereocenters. The lowest BCUT2D eigenvalue weighted by atomic mass is 9.91. The summed E-state index contributed by atoms with van der Waals surface area (Å²) >= 11 is 0. The third kappa shape index (κ3) is 3.21. The molecule has 0 fully saturated rings. The van der Waals surface area contributed by atoms with Crippen molar-refractivity contribution >= 4 is 5.97 Å². The molecule has 2 rings (SSSR count). The molecule has 0 N–H and O–H groups in total. The molecule has 0 radical (unpaired) electrons. The molecule has 0 heterocycles. The number of halogens is 1. The first-order valence-electron chi connectivity index (χ1n) is 6.11. The molecule has 2 aromatic carbocycles. The average molecular weight is 269 g/mol. The van der Waals surface area contributed by atoms with Crippen LogP contribution in [-0.2, 0) is 16.2 Å². The number of nitrogens with zero attached hydrogens (tertiary/aromatic N) is 1. The fraction of sp³-hybridized carbons (Fsp3) is 0.125. The zero-order valence-corrected chi connectivity index (χ0v) is 10.6. The number of benzene rings is 2. The zero-order valence-electron chi connectivity index (χ0n) is 10.6. The molecule has 4 heteroatoms. The lowest BCUT2D eigenvalue weighted by molar-refractivity contribution is -0.185. The summed E-state index contributed by atoms with van der Waals surface area (Å²) in [6.07, 6.45) is 0.318. The fourth-order valence-corrected chi connectivity index (χ4v) is 2.07. The van der Waals surface area contributed by atoms with Crippen LogP contribution in [0.3, 0.4) is 0 Å². The van der Waals surface area contributed by atoms with E-state index in [9.17, 15) is 9.32 Å². The molecule has 1 atom stereocenters. The van der Waals surface area contributed by atoms with Gasteiger partial charge in [-0.2, -0.15) is 5.26 Å². The normalized spacial score (nSPS) is 11.4. The van der Waals surface area contributed by atoms with Gasteiger partial charge in [0, 0.05) is 4.53 Å². The first-order chi connectivity index (χ1) is 9.74. The lowest BCUT2D eigenvalue weighted by Crippen LogP contribution is -2.15. The van der Waals surface area contributed by atoms with Crippen LogP contribution in [-0.4, -0.2) is 5.97 Å². The zero-order chi connectivity index (χ0) is 14.4. The van der Waals surface area contributed by atoms with Crippen molar-refractivity contribution in [2.75, 3.05) is 0 Å². The third-order valence-corrected chi connectivity index (χ3v) is 3.06. The van der Waals surface area contributed by atoms with Crippen LogP contribution in [0.4, 0.5) is 4.53 Å². The van der Waals surface area contributed by atoms with Crippen molar-refractivity contribution < 1.29 is 14.3 Å². The molecule has 0 aliphatic carbocycles. The molecular formula is C16H12FNO2. The first kappa shape index (κ1) is 13.8. The summed E-state index contributed by atoms with van der Waals surface area (Å²) in [6, 6.07) is 17.8. The molecule has 0 amide bonds. The number of nitriles is 1. The summed E-state index contributed by atoms with van der Waals surface area (Å²) in [5.74, 6) is -1.72. The second-order valence-electron chi connectivity index (χ2n) is 4.38. The standard InChI is InChI=1S/C16H12FNO2/c17-20-16(19)15(10-12-5-2-1-3-6-12)14-8-4-7-13(9-14)11-18/h1-9,15H,10H2. The molecule has 0 saturated carbocycles. The van der Waals surface area contributed by atoms with Gasteiger partial charge >= 0.3 is 5.97 Å². The SMILES string of the molecule is N#Cc1cccc(C(Cc2ccccc2)C(=O)OF)c1. The topological polar surface area (TPSA) is 50.1 Å². The maximum atomic E-state index is 12.3. The predicted octanol–water partition coefficient (Wildman–Crippen LogP) is 3.31. The van der Waals surface area contributed by atoms with E-state index in [1.165, 1.54) is 0 Å². The Balaban J connectivity index is 2.32. The largest absolute Gasteiger partial charge is 0.356 e. The highest BCUT2D eigenvalue weighted by molar-refractivity contribution is 5.78. The van der Waals surface area contributed by atoms with E-state index >= 15 is 0 Å². The first-order valence-corrected chi connectivity index (χ1v) is 6.11. The maximum absolute atomic E-state index is 12.3. The predicted molar refractivity (Wildman–Crippen MR) is 71.2 cm³/mol. The molecule has 0 bridgehead atoms. The lowest BCUT2D eigenvalue weighted by Gasteiger charge is -2.13. The molecule has 0 aliphatic heterocycles. The van der Waals surface area contributed by atoms with Crippen LogP contribution in [0.25, 0.3) is 0 Å². The van der Waals surface area contributed by atoms with Gasteiger partial charge in [0.2, 0.25) is 0 Å². The van der Waals surface area contributed by atoms with Gasteiger partial charge < -0.3 is 0 Å². The minimum Gasteiger partial charge on any atom is -0.254 e. The van der Waals surface area contributed by atoms with Gasteiger partial charge in [0.25, 0.3) is 0 Å². The average Bonchev–Trinajstić information content (AvgIpc) is 2.53. The van der Waals surface area contributed by atoms with Crippen LogP contribution in [0.5, 0.6) is 0 Å². The second-order valence-corrected chi connectivity index (χ2v) is 4.38. The van der Waals surface area contributed by atoms with Gasteiger partial charge in [-0.25, -0.2) is 4.79 Å². The summed E-state index contributed by atoms with van der Waals surface area (Å²) in [6.45, 7) is 0. The highest BCUT2D eigenvalue weighted by Gasteiger charge is 2.24. The van der Waals surface area contributed by atoms with Crippen LogP contribution < -0.4 is 0 Å². The molecule has 2 aromatic rings. The maximum Gasteiger partial charge on any atom is 0.356 e. The number of hydrogen-bond acceptors (Lipinski definition) is 3. The van der Waals surface area contributed by atoms with Crippen molar-refractivity contribution in [3.05, 3.63) is 71.3 Å². The van der Waals surface area contributed by atoms with Crippen molar-refractivity contribution in [3.63, 3.8) is 0 Å². The van der Waals surface area contributed by atoms with E-state index in [1.807, 2.05) is 36.4 Å². The van der Waals surface area contributed by atoms with E-state index in [0.717, 1.165) is 5.56 Å². The van der Waals surface area contributed by atoms with Crippen LogP contribution >= 0.6 is 0 Å². The molecule has 0 spiro atoms. The van der Waals surface area contributed by atoms with Crippen LogP contribution in [0, 0.1) is 11.3 Å². The fourth-order valence-electron chi connectivity index (χ4n) is 2.07. The van der Waals surface area contributed by atoms with Gasteiger partial charge in [-0.05, 0) is 29.7 Å². The Bertz CT molecular complexity index is 634. The number of hydrogen-bond donors (Lipinski definition) is 0. The van der Waals surface area contributed by atoms with Crippen molar-refractivity contribution in [2.45, 2.75) is 12.3 Å². The number of carbonyl (C=O) groups is 1. The Hall–Kier alpha value is -2.67. The molecule has 0 aliphatic rings. The van der Waals surface area contributed by atoms with Gasteiger partial charge in [0.05, 0.1) is 17.6 Å². The quantitative estimate of drug-likeness (QED) is 0.855. The Kier molecular flexibility index (Phi) is 4.46. The monoisotopic (exact) mass is 269 g/mol. The van der Waals surface area contributed by atoms with Crippen LogP contribution in [0.1, 0.15) is 22.6 Å². The second kappa shape index (κ2) is 6.48. The van der Waals surface area contributed by atoms with E-state index in [4.69, 9.17) is 5.26 Å². The van der Waals surface area contributed by atoms with Gasteiger partial charge in [-0.1, -0.05) is 42.5 Å². The number of carbonyl (C=O) groups excluding carboxylic acids is 1. The van der Waals surface area contributed by atoms with E-state index in [-0.39, 0.29) is 0 Å². The highest BCUT2D eigenvalue weighted by atomic mass is 19.3. The minimum absolute atomic E-state index is 0.318. The third-order valence-electron chi connectivity index (χ3n) is 3.06. The van der Waals surface area contributed by atoms with E-state index in [2.05, 4.69) is 4.94 Å². The van der Waals surface area contributed by atoms with E-state index in [0.29, 0.717) is 17.5 Å². The van der Waals surface area contributed by atoms with Gasteiger partial charge in [0.15, 0.2) is 0 Å². The van der Waals surface area contributed by atoms with Gasteiger partial charge in [-0.3, -0.25) is 4.94 Å². The Labute approximate surface area is 116 Å². The van der Waals surface area contributed by atoms with E-state index < -0.39 is 11.9 Å². The Morgan fingerprint density at radius 1 is 1.20 bits per heavy atom. The van der Waals surface area contributed by atoms with E-state index in [1.54, 1.807) is 24.3 Å². The summed E-state index contributed by atoms with van der Waals surface area (Å²) in [5.41, 5.74) is 1.88. The highest BCUT2D eigenvalue weighted by Crippen LogP contribution is 2.23. The molecule has 3 nitrogen and oxygen atoms in total. The van der Waals surface area contributed by atoms with Crippen LogP contribution in [0.2, 0.25) is 0 Å². The molecule has 100 valence electrons. The summed E-state index contributed by atoms with van der Waals surface area (Å²) in [5, 5.41) is 8.89. The summed E-state index contributed by atoms with van der Waals surface area (Å²) in [4.78, 5) is 15.0. The molecular weight excluding hydrogens is 257 g/mol. The molecule has 0 aromatic heterocycles. The molecule has 20 heavy (non-hydrogen) atoms. The van der Waals surface area contributed by atoms with Crippen molar-refractivity contribution in [1.29, 1.82) is 5.26 Å². The van der Waals surface area contributed by atoms with Crippen LogP contribution in [0.15, 0.2) is 54.6 Å². The summed E-state index contributed by atoms with van der Waals surface area (Å²) < 4.78 is 12.3. The Morgan fingerprint density at radius 3 is 2.60 bits per heavy atom. The summed E-state index contributed by atoms with van der Waals surface area (Å²) in [7, 11) is 0. The smallest absolute Gasteiger partial charge is 0.254 e. The van der Waals surface area contributed by atoms with Gasteiger partial charge in [0.1, 0.15) is 0 Å². The van der Waals surface area contributed by atoms with Gasteiger partial charge in [-0.15, -0.1) is 0 Å². The Morgan fingerprint density at radius 2 is 1.95 bits per heavy atom. The molecule has 0 saturated heterocycles.